The Morgan fingerprint density at radius 1 is 1.22 bits per heavy atom. The zero-order chi connectivity index (χ0) is 13.1. The lowest BCUT2D eigenvalue weighted by Crippen LogP contribution is -2.09. The summed E-state index contributed by atoms with van der Waals surface area (Å²) < 4.78 is 0. The van der Waals surface area contributed by atoms with Crippen molar-refractivity contribution < 1.29 is 0 Å². The van der Waals surface area contributed by atoms with E-state index in [9.17, 15) is 0 Å². The van der Waals surface area contributed by atoms with Gasteiger partial charge in [-0.05, 0) is 38.8 Å². The largest absolute Gasteiger partial charge is 0.382 e. The molecule has 2 aromatic rings. The molecule has 18 heavy (non-hydrogen) atoms. The second-order valence-corrected chi connectivity index (χ2v) is 6.11. The van der Waals surface area contributed by atoms with Gasteiger partial charge in [0.15, 0.2) is 0 Å². The predicted molar refractivity (Wildman–Crippen MR) is 82.6 cm³/mol. The molecule has 1 aromatic carbocycles. The van der Waals surface area contributed by atoms with Gasteiger partial charge >= 0.3 is 0 Å². The Labute approximate surface area is 114 Å². The maximum Gasteiger partial charge on any atom is 0.0489 e. The van der Waals surface area contributed by atoms with Crippen LogP contribution in [0, 0.1) is 6.92 Å². The second kappa shape index (κ2) is 5.57. The summed E-state index contributed by atoms with van der Waals surface area (Å²) in [4.78, 5) is 2.80. The summed E-state index contributed by atoms with van der Waals surface area (Å²) in [5.74, 6) is 0. The van der Waals surface area contributed by atoms with Gasteiger partial charge in [0.2, 0.25) is 0 Å². The Kier molecular flexibility index (Phi) is 4.07. The zero-order valence-electron chi connectivity index (χ0n) is 11.6. The molecule has 0 fully saturated rings. The first kappa shape index (κ1) is 13.2. The average Bonchev–Trinajstić information content (AvgIpc) is 2.71. The van der Waals surface area contributed by atoms with Gasteiger partial charge in [-0.2, -0.15) is 0 Å². The van der Waals surface area contributed by atoms with Gasteiger partial charge in [-0.25, -0.2) is 0 Å². The van der Waals surface area contributed by atoms with Crippen molar-refractivity contribution in [2.75, 3.05) is 5.32 Å². The molecule has 0 saturated carbocycles. The van der Waals surface area contributed by atoms with Gasteiger partial charge in [0, 0.05) is 21.5 Å². The molecule has 1 aromatic heterocycles. The van der Waals surface area contributed by atoms with Crippen molar-refractivity contribution in [2.24, 2.45) is 0 Å². The van der Waals surface area contributed by atoms with Crippen LogP contribution >= 0.6 is 11.3 Å². The van der Waals surface area contributed by atoms with Crippen molar-refractivity contribution in [2.45, 2.75) is 40.2 Å². The van der Waals surface area contributed by atoms with E-state index in [-0.39, 0.29) is 0 Å². The summed E-state index contributed by atoms with van der Waals surface area (Å²) in [7, 11) is 0. The number of aryl methyl sites for hydroxylation is 2. The highest BCUT2D eigenvalue weighted by atomic mass is 32.1. The molecular weight excluding hydrogens is 238 g/mol. The highest BCUT2D eigenvalue weighted by molar-refractivity contribution is 7.16. The van der Waals surface area contributed by atoms with Gasteiger partial charge in [0.25, 0.3) is 0 Å². The van der Waals surface area contributed by atoms with E-state index in [0.717, 1.165) is 6.42 Å². The number of hydrogen-bond donors (Lipinski definition) is 1. The molecule has 0 aliphatic heterocycles. The molecule has 1 N–H and O–H groups in total. The summed E-state index contributed by atoms with van der Waals surface area (Å²) in [6, 6.07) is 11.5. The number of thiophene rings is 1. The van der Waals surface area contributed by atoms with Crippen molar-refractivity contribution in [1.29, 1.82) is 0 Å². The number of nitrogens with one attached hydrogen (secondary N) is 1. The van der Waals surface area contributed by atoms with E-state index in [0.29, 0.717) is 6.04 Å². The van der Waals surface area contributed by atoms with E-state index in [4.69, 9.17) is 0 Å². The third-order valence-electron chi connectivity index (χ3n) is 2.88. The molecule has 0 aliphatic rings. The topological polar surface area (TPSA) is 12.0 Å². The molecule has 2 heteroatoms. The lowest BCUT2D eigenvalue weighted by molar-refractivity contribution is 0.897. The Balaban J connectivity index is 2.37. The molecule has 1 heterocycles. The van der Waals surface area contributed by atoms with Crippen LogP contribution in [0.1, 0.15) is 31.2 Å². The summed E-state index contributed by atoms with van der Waals surface area (Å²) >= 11 is 1.90. The Hall–Kier alpha value is -1.28. The maximum atomic E-state index is 3.54. The van der Waals surface area contributed by atoms with Crippen LogP contribution in [0.2, 0.25) is 0 Å². The number of rotatable bonds is 4. The van der Waals surface area contributed by atoms with Gasteiger partial charge in [-0.1, -0.05) is 36.8 Å². The Morgan fingerprint density at radius 2 is 2.00 bits per heavy atom. The van der Waals surface area contributed by atoms with Gasteiger partial charge in [-0.3, -0.25) is 0 Å². The molecular formula is C16H21NS. The quantitative estimate of drug-likeness (QED) is 0.805. The van der Waals surface area contributed by atoms with Crippen molar-refractivity contribution in [1.82, 2.24) is 0 Å². The molecule has 2 rings (SSSR count). The fourth-order valence-electron chi connectivity index (χ4n) is 2.07. The lowest BCUT2D eigenvalue weighted by Gasteiger charge is -2.09. The highest BCUT2D eigenvalue weighted by Gasteiger charge is 2.10. The average molecular weight is 259 g/mol. The molecule has 0 atom stereocenters. The predicted octanol–water partition coefficient (Wildman–Crippen LogP) is 5.11. The number of anilines is 1. The fourth-order valence-corrected chi connectivity index (χ4v) is 3.12. The minimum atomic E-state index is 0.482. The highest BCUT2D eigenvalue weighted by Crippen LogP contribution is 2.35. The van der Waals surface area contributed by atoms with Crippen molar-refractivity contribution in [3.8, 4) is 10.4 Å². The first-order valence-electron chi connectivity index (χ1n) is 6.56. The monoisotopic (exact) mass is 259 g/mol. The van der Waals surface area contributed by atoms with E-state index in [1.54, 1.807) is 0 Å². The van der Waals surface area contributed by atoms with E-state index >= 15 is 0 Å². The van der Waals surface area contributed by atoms with Crippen LogP contribution in [0.3, 0.4) is 0 Å². The molecule has 0 saturated heterocycles. The van der Waals surface area contributed by atoms with E-state index in [1.165, 1.54) is 26.6 Å². The van der Waals surface area contributed by atoms with E-state index in [1.807, 2.05) is 11.3 Å². The van der Waals surface area contributed by atoms with Gasteiger partial charge in [0.1, 0.15) is 0 Å². The molecule has 96 valence electrons. The van der Waals surface area contributed by atoms with Crippen LogP contribution in [0.15, 0.2) is 30.3 Å². The van der Waals surface area contributed by atoms with Gasteiger partial charge in [-0.15, -0.1) is 11.3 Å². The van der Waals surface area contributed by atoms with Crippen LogP contribution in [0.4, 0.5) is 5.69 Å². The van der Waals surface area contributed by atoms with Crippen LogP contribution < -0.4 is 5.32 Å². The van der Waals surface area contributed by atoms with Crippen LogP contribution in [-0.4, -0.2) is 6.04 Å². The zero-order valence-corrected chi connectivity index (χ0v) is 12.4. The third kappa shape index (κ3) is 2.94. The van der Waals surface area contributed by atoms with Crippen LogP contribution in [0.25, 0.3) is 10.4 Å². The SMILES string of the molecule is CCc1sc(-c2cccc(C)c2)cc1NC(C)C. The minimum Gasteiger partial charge on any atom is -0.382 e. The summed E-state index contributed by atoms with van der Waals surface area (Å²) in [6.07, 6.45) is 1.09. The summed E-state index contributed by atoms with van der Waals surface area (Å²) in [6.45, 7) is 8.73. The Bertz CT molecular complexity index is 526. The standard InChI is InChI=1S/C16H21NS/c1-5-15-14(17-11(2)3)10-16(18-15)13-8-6-7-12(4)9-13/h6-11,17H,5H2,1-4H3. The van der Waals surface area contributed by atoms with Crippen LogP contribution in [0.5, 0.6) is 0 Å². The lowest BCUT2D eigenvalue weighted by atomic mass is 10.1. The number of benzene rings is 1. The summed E-state index contributed by atoms with van der Waals surface area (Å²) in [5, 5.41) is 3.54. The van der Waals surface area contributed by atoms with Crippen molar-refractivity contribution >= 4 is 17.0 Å². The fraction of sp³-hybridized carbons (Fsp3) is 0.375. The molecule has 0 unspecified atom stereocenters. The first-order valence-corrected chi connectivity index (χ1v) is 7.38. The molecule has 0 amide bonds. The maximum absolute atomic E-state index is 3.54. The molecule has 1 nitrogen and oxygen atoms in total. The van der Waals surface area contributed by atoms with Crippen LogP contribution in [-0.2, 0) is 6.42 Å². The summed E-state index contributed by atoms with van der Waals surface area (Å²) in [5.41, 5.74) is 3.94. The third-order valence-corrected chi connectivity index (χ3v) is 4.21. The smallest absolute Gasteiger partial charge is 0.0489 e. The van der Waals surface area contributed by atoms with Gasteiger partial charge < -0.3 is 5.32 Å². The minimum absolute atomic E-state index is 0.482. The number of hydrogen-bond acceptors (Lipinski definition) is 2. The second-order valence-electron chi connectivity index (χ2n) is 4.97. The molecule has 0 radical (unpaired) electrons. The van der Waals surface area contributed by atoms with Crippen molar-refractivity contribution in [3.63, 3.8) is 0 Å². The normalized spacial score (nSPS) is 10.9. The molecule has 0 bridgehead atoms. The van der Waals surface area contributed by atoms with E-state index in [2.05, 4.69) is 63.3 Å². The van der Waals surface area contributed by atoms with E-state index < -0.39 is 0 Å². The Morgan fingerprint density at radius 3 is 2.61 bits per heavy atom. The van der Waals surface area contributed by atoms with Crippen molar-refractivity contribution in [3.05, 3.63) is 40.8 Å². The molecule has 0 spiro atoms. The first-order chi connectivity index (χ1) is 8.60. The molecule has 0 aliphatic carbocycles. The van der Waals surface area contributed by atoms with Gasteiger partial charge in [0.05, 0.1) is 0 Å².